The van der Waals surface area contributed by atoms with Crippen LogP contribution < -0.4 is 10.5 Å². The van der Waals surface area contributed by atoms with Crippen LogP contribution in [0.25, 0.3) is 0 Å². The van der Waals surface area contributed by atoms with Crippen LogP contribution in [0.1, 0.15) is 25.8 Å². The van der Waals surface area contributed by atoms with E-state index in [0.717, 1.165) is 17.7 Å². The zero-order chi connectivity index (χ0) is 15.6. The van der Waals surface area contributed by atoms with Crippen molar-refractivity contribution >= 4 is 22.4 Å². The highest BCUT2D eigenvalue weighted by Crippen LogP contribution is 2.27. The van der Waals surface area contributed by atoms with Crippen LogP contribution in [-0.2, 0) is 10.0 Å². The lowest BCUT2D eigenvalue weighted by Crippen LogP contribution is -2.30. The molecule has 1 aromatic carbocycles. The number of benzene rings is 1. The van der Waals surface area contributed by atoms with E-state index < -0.39 is 10.0 Å². The summed E-state index contributed by atoms with van der Waals surface area (Å²) in [6.07, 6.45) is 0.901. The van der Waals surface area contributed by atoms with Gasteiger partial charge in [0.05, 0.1) is 11.0 Å². The van der Waals surface area contributed by atoms with Gasteiger partial charge in [0, 0.05) is 13.1 Å². The molecule has 0 saturated carbocycles. The standard InChI is InChI=1S/C15H24N2O3S.ClH/c1-11(2)20-15-5-4-14(8-12(15)3)21(18,19)17-7-6-13(9-16)10-17;/h4-5,8,11,13H,6-7,9-10,16H2,1-3H3;1H. The number of hydrogen-bond acceptors (Lipinski definition) is 4. The lowest BCUT2D eigenvalue weighted by atomic mass is 10.1. The zero-order valence-electron chi connectivity index (χ0n) is 13.3. The van der Waals surface area contributed by atoms with Crippen LogP contribution in [0.3, 0.4) is 0 Å². The van der Waals surface area contributed by atoms with E-state index in [1.165, 1.54) is 4.31 Å². The van der Waals surface area contributed by atoms with Crippen molar-refractivity contribution in [2.75, 3.05) is 19.6 Å². The lowest BCUT2D eigenvalue weighted by Gasteiger charge is -2.18. The minimum atomic E-state index is -3.43. The topological polar surface area (TPSA) is 72.6 Å². The first-order valence-corrected chi connectivity index (χ1v) is 8.76. The van der Waals surface area contributed by atoms with Crippen LogP contribution >= 0.6 is 12.4 Å². The van der Waals surface area contributed by atoms with Gasteiger partial charge in [0.25, 0.3) is 0 Å². The molecule has 1 saturated heterocycles. The average Bonchev–Trinajstić information content (AvgIpc) is 2.90. The van der Waals surface area contributed by atoms with Crippen molar-refractivity contribution in [1.82, 2.24) is 4.31 Å². The molecular weight excluding hydrogens is 324 g/mol. The third-order valence-corrected chi connectivity index (χ3v) is 5.59. The number of rotatable bonds is 5. The molecule has 0 amide bonds. The Hall–Kier alpha value is -0.820. The molecule has 5 nitrogen and oxygen atoms in total. The normalized spacial score (nSPS) is 19.2. The molecule has 0 spiro atoms. The molecule has 22 heavy (non-hydrogen) atoms. The second-order valence-corrected chi connectivity index (χ2v) is 7.79. The van der Waals surface area contributed by atoms with Gasteiger partial charge in [-0.1, -0.05) is 0 Å². The third kappa shape index (κ3) is 4.13. The summed E-state index contributed by atoms with van der Waals surface area (Å²) in [4.78, 5) is 0.328. The Balaban J connectivity index is 0.00000242. The Morgan fingerprint density at radius 3 is 2.59 bits per heavy atom. The summed E-state index contributed by atoms with van der Waals surface area (Å²) < 4.78 is 32.4. The van der Waals surface area contributed by atoms with Crippen LogP contribution in [-0.4, -0.2) is 38.5 Å². The number of sulfonamides is 1. The van der Waals surface area contributed by atoms with Crippen molar-refractivity contribution in [2.24, 2.45) is 11.7 Å². The molecule has 7 heteroatoms. The van der Waals surface area contributed by atoms with Crippen LogP contribution in [0, 0.1) is 12.8 Å². The fourth-order valence-corrected chi connectivity index (χ4v) is 4.14. The molecule has 1 unspecified atom stereocenters. The van der Waals surface area contributed by atoms with E-state index in [4.69, 9.17) is 10.5 Å². The number of ether oxygens (including phenoxy) is 1. The maximum atomic E-state index is 12.6. The van der Waals surface area contributed by atoms with Crippen molar-refractivity contribution in [3.8, 4) is 5.75 Å². The van der Waals surface area contributed by atoms with Gasteiger partial charge in [-0.25, -0.2) is 8.42 Å². The highest BCUT2D eigenvalue weighted by molar-refractivity contribution is 7.89. The Labute approximate surface area is 139 Å². The molecule has 0 bridgehead atoms. The number of hydrogen-bond donors (Lipinski definition) is 1. The van der Waals surface area contributed by atoms with Gasteiger partial charge in [0.2, 0.25) is 10.0 Å². The molecule has 1 atom stereocenters. The molecule has 0 aromatic heterocycles. The number of halogens is 1. The Kier molecular flexibility index (Phi) is 6.67. The molecule has 1 aliphatic rings. The van der Waals surface area contributed by atoms with Gasteiger partial charge in [-0.2, -0.15) is 4.31 Å². The van der Waals surface area contributed by atoms with E-state index in [2.05, 4.69) is 0 Å². The average molecular weight is 349 g/mol. The maximum Gasteiger partial charge on any atom is 0.243 e. The highest BCUT2D eigenvalue weighted by atomic mass is 35.5. The zero-order valence-corrected chi connectivity index (χ0v) is 14.9. The van der Waals surface area contributed by atoms with Gasteiger partial charge in [-0.15, -0.1) is 12.4 Å². The SMILES string of the molecule is Cc1cc(S(=O)(=O)N2CCC(CN)C2)ccc1OC(C)C.Cl. The van der Waals surface area contributed by atoms with Gasteiger partial charge in [-0.05, 0) is 63.4 Å². The Morgan fingerprint density at radius 1 is 1.41 bits per heavy atom. The van der Waals surface area contributed by atoms with E-state index in [0.29, 0.717) is 24.5 Å². The van der Waals surface area contributed by atoms with Crippen molar-refractivity contribution in [2.45, 2.75) is 38.2 Å². The molecule has 2 N–H and O–H groups in total. The minimum absolute atomic E-state index is 0. The predicted octanol–water partition coefficient (Wildman–Crippen LogP) is 2.17. The first-order chi connectivity index (χ1) is 9.84. The van der Waals surface area contributed by atoms with Gasteiger partial charge < -0.3 is 10.5 Å². The second kappa shape index (κ2) is 7.64. The molecular formula is C15H25ClN2O3S. The largest absolute Gasteiger partial charge is 0.491 e. The van der Waals surface area contributed by atoms with E-state index in [9.17, 15) is 8.42 Å². The molecule has 126 valence electrons. The van der Waals surface area contributed by atoms with Gasteiger partial charge in [0.15, 0.2) is 0 Å². The minimum Gasteiger partial charge on any atom is -0.491 e. The first kappa shape index (κ1) is 19.2. The summed E-state index contributed by atoms with van der Waals surface area (Å²) >= 11 is 0. The summed E-state index contributed by atoms with van der Waals surface area (Å²) in [6.45, 7) is 7.35. The second-order valence-electron chi connectivity index (χ2n) is 5.85. The fourth-order valence-electron chi connectivity index (χ4n) is 2.53. The fraction of sp³-hybridized carbons (Fsp3) is 0.600. The van der Waals surface area contributed by atoms with Crippen LogP contribution in [0.15, 0.2) is 23.1 Å². The molecule has 0 radical (unpaired) electrons. The third-order valence-electron chi connectivity index (χ3n) is 3.73. The van der Waals surface area contributed by atoms with Crippen LogP contribution in [0.5, 0.6) is 5.75 Å². The molecule has 1 aliphatic heterocycles. The Bertz CT molecular complexity index is 605. The number of nitrogens with two attached hydrogens (primary N) is 1. The smallest absolute Gasteiger partial charge is 0.243 e. The molecule has 0 aliphatic carbocycles. The summed E-state index contributed by atoms with van der Waals surface area (Å²) in [5.74, 6) is 0.995. The first-order valence-electron chi connectivity index (χ1n) is 7.32. The molecule has 1 heterocycles. The summed E-state index contributed by atoms with van der Waals surface area (Å²) in [5, 5.41) is 0. The van der Waals surface area contributed by atoms with Crippen LogP contribution in [0.4, 0.5) is 0 Å². The quantitative estimate of drug-likeness (QED) is 0.885. The van der Waals surface area contributed by atoms with Crippen molar-refractivity contribution in [3.63, 3.8) is 0 Å². The summed E-state index contributed by atoms with van der Waals surface area (Å²) in [6, 6.07) is 5.04. The number of nitrogens with zero attached hydrogens (tertiary/aromatic N) is 1. The van der Waals surface area contributed by atoms with E-state index in [1.54, 1.807) is 18.2 Å². The van der Waals surface area contributed by atoms with E-state index in [1.807, 2.05) is 20.8 Å². The lowest BCUT2D eigenvalue weighted by molar-refractivity contribution is 0.240. The van der Waals surface area contributed by atoms with Gasteiger partial charge >= 0.3 is 0 Å². The van der Waals surface area contributed by atoms with Crippen LogP contribution in [0.2, 0.25) is 0 Å². The molecule has 1 fully saturated rings. The van der Waals surface area contributed by atoms with Gasteiger partial charge in [-0.3, -0.25) is 0 Å². The monoisotopic (exact) mass is 348 g/mol. The summed E-state index contributed by atoms with van der Waals surface area (Å²) in [5.41, 5.74) is 6.46. The predicted molar refractivity (Wildman–Crippen MR) is 90.1 cm³/mol. The number of aryl methyl sites for hydroxylation is 1. The maximum absolute atomic E-state index is 12.6. The van der Waals surface area contributed by atoms with E-state index in [-0.39, 0.29) is 24.4 Å². The molecule has 2 rings (SSSR count). The van der Waals surface area contributed by atoms with Crippen molar-refractivity contribution in [1.29, 1.82) is 0 Å². The van der Waals surface area contributed by atoms with Crippen molar-refractivity contribution < 1.29 is 13.2 Å². The molecule has 1 aromatic rings. The summed E-state index contributed by atoms with van der Waals surface area (Å²) in [7, 11) is -3.43. The van der Waals surface area contributed by atoms with E-state index >= 15 is 0 Å². The van der Waals surface area contributed by atoms with Gasteiger partial charge in [0.1, 0.15) is 5.75 Å². The highest BCUT2D eigenvalue weighted by Gasteiger charge is 2.32. The Morgan fingerprint density at radius 2 is 2.09 bits per heavy atom. The van der Waals surface area contributed by atoms with Crippen molar-refractivity contribution in [3.05, 3.63) is 23.8 Å².